The van der Waals surface area contributed by atoms with Gasteiger partial charge in [-0.3, -0.25) is 0 Å². The van der Waals surface area contributed by atoms with Crippen LogP contribution in [0.2, 0.25) is 0 Å². The predicted molar refractivity (Wildman–Crippen MR) is 44.3 cm³/mol. The fourth-order valence-corrected chi connectivity index (χ4v) is 1.32. The molecule has 2 aromatic carbocycles. The molecular weight excluding hydrogens is 168 g/mol. The van der Waals surface area contributed by atoms with Gasteiger partial charge in [0.25, 0.3) is 0 Å². The van der Waals surface area contributed by atoms with Crippen LogP contribution in [0.3, 0.4) is 0 Å². The third-order valence-corrected chi connectivity index (χ3v) is 1.90. The topological polar surface area (TPSA) is 0 Å². The zero-order chi connectivity index (χ0) is 6.97. The summed E-state index contributed by atoms with van der Waals surface area (Å²) in [5.41, 5.74) is 1.36. The standard InChI is InChI=1S/C10H9.Ti/c1-8-4-2-5-9-6-3-7-10(8)9;/h2-7H,1H3;/q-1;. The first kappa shape index (κ1) is 8.64. The van der Waals surface area contributed by atoms with Crippen LogP contribution in [0.15, 0.2) is 36.4 Å². The van der Waals surface area contributed by atoms with Crippen LogP contribution in [0, 0.1) is 6.92 Å². The molecule has 0 atom stereocenters. The Hall–Kier alpha value is -0.456. The SMILES string of the molecule is Cc1cccc2[cH-]ccc12.[Ti]. The molecule has 11 heavy (non-hydrogen) atoms. The van der Waals surface area contributed by atoms with E-state index in [9.17, 15) is 0 Å². The molecule has 54 valence electrons. The number of benzene rings is 1. The summed E-state index contributed by atoms with van der Waals surface area (Å²) in [7, 11) is 0. The number of hydrogen-bond acceptors (Lipinski definition) is 0. The molecule has 0 aliphatic rings. The van der Waals surface area contributed by atoms with Crippen LogP contribution in [0.5, 0.6) is 0 Å². The van der Waals surface area contributed by atoms with E-state index < -0.39 is 0 Å². The molecule has 0 saturated carbocycles. The van der Waals surface area contributed by atoms with E-state index >= 15 is 0 Å². The number of rotatable bonds is 0. The third kappa shape index (κ3) is 1.42. The van der Waals surface area contributed by atoms with Crippen molar-refractivity contribution in [1.82, 2.24) is 0 Å². The van der Waals surface area contributed by atoms with Gasteiger partial charge in [-0.25, -0.2) is 0 Å². The molecular formula is C10H9Ti-. The normalized spacial score (nSPS) is 9.55. The molecule has 0 aliphatic heterocycles. The van der Waals surface area contributed by atoms with Crippen molar-refractivity contribution in [2.24, 2.45) is 0 Å². The second-order valence-electron chi connectivity index (χ2n) is 2.60. The van der Waals surface area contributed by atoms with Crippen molar-refractivity contribution in [3.05, 3.63) is 42.0 Å². The van der Waals surface area contributed by atoms with Crippen molar-refractivity contribution in [2.45, 2.75) is 6.92 Å². The summed E-state index contributed by atoms with van der Waals surface area (Å²) < 4.78 is 0. The van der Waals surface area contributed by atoms with Gasteiger partial charge in [-0.05, 0) is 6.92 Å². The second kappa shape index (κ2) is 3.29. The van der Waals surface area contributed by atoms with Gasteiger partial charge in [-0.2, -0.15) is 12.1 Å². The Balaban J connectivity index is 0.000000605. The first-order chi connectivity index (χ1) is 4.88. The molecule has 0 unspecified atom stereocenters. The molecule has 0 radical (unpaired) electrons. The van der Waals surface area contributed by atoms with Crippen LogP contribution in [-0.2, 0) is 21.7 Å². The summed E-state index contributed by atoms with van der Waals surface area (Å²) in [6, 6.07) is 12.8. The maximum atomic E-state index is 2.16. The van der Waals surface area contributed by atoms with Gasteiger partial charge in [0, 0.05) is 21.7 Å². The van der Waals surface area contributed by atoms with Gasteiger partial charge in [-0.1, -0.05) is 11.6 Å². The van der Waals surface area contributed by atoms with E-state index in [1.54, 1.807) is 0 Å². The summed E-state index contributed by atoms with van der Waals surface area (Å²) in [6.45, 7) is 2.14. The van der Waals surface area contributed by atoms with Crippen molar-refractivity contribution < 1.29 is 21.7 Å². The van der Waals surface area contributed by atoms with E-state index in [0.29, 0.717) is 0 Å². The average Bonchev–Trinajstić information content (AvgIpc) is 2.36. The van der Waals surface area contributed by atoms with Crippen molar-refractivity contribution in [2.75, 3.05) is 0 Å². The summed E-state index contributed by atoms with van der Waals surface area (Å²) in [5, 5.41) is 2.72. The van der Waals surface area contributed by atoms with E-state index in [4.69, 9.17) is 0 Å². The molecule has 2 aromatic rings. The number of hydrogen-bond donors (Lipinski definition) is 0. The molecule has 0 aromatic heterocycles. The number of fused-ring (bicyclic) bond motifs is 1. The molecule has 0 bridgehead atoms. The minimum Gasteiger partial charge on any atom is -0.168 e. The number of aryl methyl sites for hydroxylation is 1. The van der Waals surface area contributed by atoms with Gasteiger partial charge in [0.1, 0.15) is 0 Å². The average molecular weight is 177 g/mol. The molecule has 0 nitrogen and oxygen atoms in total. The Labute approximate surface area is 81.5 Å². The molecule has 0 aliphatic carbocycles. The summed E-state index contributed by atoms with van der Waals surface area (Å²) in [5.74, 6) is 0. The maximum absolute atomic E-state index is 2.16. The smallest absolute Gasteiger partial charge is 0 e. The molecule has 0 N–H and O–H groups in total. The van der Waals surface area contributed by atoms with E-state index in [-0.39, 0.29) is 21.7 Å². The van der Waals surface area contributed by atoms with Crippen LogP contribution in [0.1, 0.15) is 5.56 Å². The van der Waals surface area contributed by atoms with E-state index in [0.717, 1.165) is 0 Å². The largest absolute Gasteiger partial charge is 0.168 e. The monoisotopic (exact) mass is 177 g/mol. The molecule has 0 saturated heterocycles. The molecule has 0 amide bonds. The first-order valence-corrected chi connectivity index (χ1v) is 3.49. The van der Waals surface area contributed by atoms with Crippen LogP contribution >= 0.6 is 0 Å². The van der Waals surface area contributed by atoms with Gasteiger partial charge in [0.15, 0.2) is 0 Å². The Kier molecular flexibility index (Phi) is 2.59. The molecule has 0 heterocycles. The van der Waals surface area contributed by atoms with Crippen LogP contribution in [-0.4, -0.2) is 0 Å². The molecule has 0 spiro atoms. The quantitative estimate of drug-likeness (QED) is 0.428. The summed E-state index contributed by atoms with van der Waals surface area (Å²) in [4.78, 5) is 0. The van der Waals surface area contributed by atoms with Crippen LogP contribution < -0.4 is 0 Å². The van der Waals surface area contributed by atoms with Crippen molar-refractivity contribution in [1.29, 1.82) is 0 Å². The van der Waals surface area contributed by atoms with Gasteiger partial charge in [-0.15, -0.1) is 29.0 Å². The van der Waals surface area contributed by atoms with Crippen molar-refractivity contribution in [3.63, 3.8) is 0 Å². The van der Waals surface area contributed by atoms with Gasteiger partial charge < -0.3 is 0 Å². The summed E-state index contributed by atoms with van der Waals surface area (Å²) >= 11 is 0. The fraction of sp³-hybridized carbons (Fsp3) is 0.100. The van der Waals surface area contributed by atoms with Gasteiger partial charge in [0.05, 0.1) is 0 Å². The molecule has 1 heteroatoms. The first-order valence-electron chi connectivity index (χ1n) is 3.49. The van der Waals surface area contributed by atoms with Gasteiger partial charge in [0.2, 0.25) is 0 Å². The van der Waals surface area contributed by atoms with Gasteiger partial charge >= 0.3 is 0 Å². The second-order valence-corrected chi connectivity index (χ2v) is 2.60. The fourth-order valence-electron chi connectivity index (χ4n) is 1.32. The predicted octanol–water partition coefficient (Wildman–Crippen LogP) is 2.86. The Morgan fingerprint density at radius 1 is 1.18 bits per heavy atom. The third-order valence-electron chi connectivity index (χ3n) is 1.90. The minimum atomic E-state index is 0. The maximum Gasteiger partial charge on any atom is 0 e. The van der Waals surface area contributed by atoms with Crippen molar-refractivity contribution >= 4 is 10.8 Å². The zero-order valence-electron chi connectivity index (χ0n) is 6.46. The minimum absolute atomic E-state index is 0. The van der Waals surface area contributed by atoms with E-state index in [2.05, 4.69) is 43.3 Å². The zero-order valence-corrected chi connectivity index (χ0v) is 8.03. The molecule has 0 fully saturated rings. The van der Waals surface area contributed by atoms with E-state index in [1.165, 1.54) is 16.3 Å². The van der Waals surface area contributed by atoms with E-state index in [1.807, 2.05) is 0 Å². The summed E-state index contributed by atoms with van der Waals surface area (Å²) in [6.07, 6.45) is 0. The van der Waals surface area contributed by atoms with Crippen molar-refractivity contribution in [3.8, 4) is 0 Å². The van der Waals surface area contributed by atoms with Crippen LogP contribution in [0.4, 0.5) is 0 Å². The Morgan fingerprint density at radius 3 is 2.73 bits per heavy atom. The Bertz CT molecular complexity index is 346. The van der Waals surface area contributed by atoms with Crippen LogP contribution in [0.25, 0.3) is 10.8 Å². The Morgan fingerprint density at radius 2 is 2.00 bits per heavy atom. The molecule has 2 rings (SSSR count).